The van der Waals surface area contributed by atoms with Crippen LogP contribution in [0.25, 0.3) is 0 Å². The molecule has 0 radical (unpaired) electrons. The zero-order chi connectivity index (χ0) is 10.6. The molecule has 80 valence electrons. The normalized spacial score (nSPS) is 21.7. The fourth-order valence-corrected chi connectivity index (χ4v) is 1.07. The largest absolute Gasteiger partial charge is 0.467 e. The molecule has 0 fully saturated rings. The van der Waals surface area contributed by atoms with Crippen molar-refractivity contribution < 1.29 is 9.47 Å². The van der Waals surface area contributed by atoms with Gasteiger partial charge in [0, 0.05) is 6.61 Å². The fraction of sp³-hybridized carbons (Fsp3) is 0.750. The van der Waals surface area contributed by atoms with Gasteiger partial charge >= 0.3 is 6.02 Å². The average molecular weight is 200 g/mol. The number of nitrogens with zero attached hydrogens (tertiary/aromatic N) is 3. The summed E-state index contributed by atoms with van der Waals surface area (Å²) in [6.45, 7) is 4.79. The first-order chi connectivity index (χ1) is 6.69. The molecule has 0 saturated heterocycles. The Bertz CT molecular complexity index is 252. The van der Waals surface area contributed by atoms with Gasteiger partial charge in [0.05, 0.1) is 13.7 Å². The molecule has 0 aromatic heterocycles. The second-order valence-corrected chi connectivity index (χ2v) is 2.82. The summed E-state index contributed by atoms with van der Waals surface area (Å²) in [7, 11) is 1.53. The molecule has 0 aromatic rings. The molecule has 1 rings (SSSR count). The van der Waals surface area contributed by atoms with Crippen LogP contribution in [0, 0.1) is 0 Å². The second-order valence-electron chi connectivity index (χ2n) is 2.82. The van der Waals surface area contributed by atoms with Crippen LogP contribution < -0.4 is 5.84 Å². The zero-order valence-electron chi connectivity index (χ0n) is 8.73. The highest BCUT2D eigenvalue weighted by Gasteiger charge is 2.21. The van der Waals surface area contributed by atoms with Gasteiger partial charge in [-0.2, -0.15) is 4.99 Å². The van der Waals surface area contributed by atoms with Gasteiger partial charge in [0.15, 0.2) is 6.17 Å². The van der Waals surface area contributed by atoms with Crippen molar-refractivity contribution in [2.24, 2.45) is 15.8 Å². The highest BCUT2D eigenvalue weighted by molar-refractivity contribution is 5.93. The molecule has 2 N–H and O–H groups in total. The summed E-state index contributed by atoms with van der Waals surface area (Å²) < 4.78 is 10.2. The molecule has 1 unspecified atom stereocenters. The summed E-state index contributed by atoms with van der Waals surface area (Å²) in [5, 5.41) is 1.47. The molecule has 0 aliphatic carbocycles. The van der Waals surface area contributed by atoms with Crippen molar-refractivity contribution in [3.05, 3.63) is 0 Å². The Morgan fingerprint density at radius 2 is 2.29 bits per heavy atom. The van der Waals surface area contributed by atoms with Crippen molar-refractivity contribution in [1.29, 1.82) is 0 Å². The monoisotopic (exact) mass is 200 g/mol. The first kappa shape index (κ1) is 10.9. The Labute approximate surface area is 83.4 Å². The highest BCUT2D eigenvalue weighted by Crippen LogP contribution is 2.06. The predicted molar refractivity (Wildman–Crippen MR) is 53.9 cm³/mol. The maximum Gasteiger partial charge on any atom is 0.315 e. The van der Waals surface area contributed by atoms with E-state index in [2.05, 4.69) is 9.98 Å². The van der Waals surface area contributed by atoms with E-state index in [0.29, 0.717) is 25.1 Å². The second kappa shape index (κ2) is 4.92. The minimum atomic E-state index is -0.248. The third-order valence-electron chi connectivity index (χ3n) is 1.87. The SMILES string of the molecule is CCOCC1N=C(OC)N=C(C)N1N. The molecular formula is C8H16N4O2. The smallest absolute Gasteiger partial charge is 0.315 e. The number of nitrogens with two attached hydrogens (primary N) is 1. The summed E-state index contributed by atoms with van der Waals surface area (Å²) in [5.74, 6) is 6.41. The summed E-state index contributed by atoms with van der Waals surface area (Å²) in [6, 6.07) is 0.342. The lowest BCUT2D eigenvalue weighted by molar-refractivity contribution is 0.0940. The van der Waals surface area contributed by atoms with Gasteiger partial charge in [0.25, 0.3) is 0 Å². The number of hydrazine groups is 1. The standard InChI is InChI=1S/C8H16N4O2/c1-4-14-5-7-11-8(13-3)10-6(2)12(7)9/h7H,4-5,9H2,1-3H3. The maximum absolute atomic E-state index is 5.74. The summed E-state index contributed by atoms with van der Waals surface area (Å²) in [5.41, 5.74) is 0. The minimum Gasteiger partial charge on any atom is -0.467 e. The summed E-state index contributed by atoms with van der Waals surface area (Å²) >= 11 is 0. The van der Waals surface area contributed by atoms with E-state index in [4.69, 9.17) is 15.3 Å². The van der Waals surface area contributed by atoms with Crippen molar-refractivity contribution in [2.75, 3.05) is 20.3 Å². The van der Waals surface area contributed by atoms with Gasteiger partial charge in [0.2, 0.25) is 0 Å². The summed E-state index contributed by atoms with van der Waals surface area (Å²) in [4.78, 5) is 8.18. The lowest BCUT2D eigenvalue weighted by Crippen LogP contribution is -2.48. The Balaban J connectivity index is 2.66. The van der Waals surface area contributed by atoms with E-state index in [0.717, 1.165) is 0 Å². The molecular weight excluding hydrogens is 184 g/mol. The molecule has 6 nitrogen and oxygen atoms in total. The highest BCUT2D eigenvalue weighted by atomic mass is 16.5. The molecule has 1 aliphatic rings. The van der Waals surface area contributed by atoms with Crippen LogP contribution in [0.1, 0.15) is 13.8 Å². The molecule has 0 bridgehead atoms. The van der Waals surface area contributed by atoms with Gasteiger partial charge in [-0.1, -0.05) is 0 Å². The molecule has 0 aromatic carbocycles. The molecule has 1 heterocycles. The lowest BCUT2D eigenvalue weighted by Gasteiger charge is -2.28. The number of aliphatic imine (C=N–C) groups is 2. The number of methoxy groups -OCH3 is 1. The number of ether oxygens (including phenoxy) is 2. The van der Waals surface area contributed by atoms with Crippen LogP contribution in [0.15, 0.2) is 9.98 Å². The van der Waals surface area contributed by atoms with E-state index in [1.807, 2.05) is 6.92 Å². The van der Waals surface area contributed by atoms with Gasteiger partial charge in [-0.3, -0.25) is 5.01 Å². The van der Waals surface area contributed by atoms with Crippen LogP contribution in [0.3, 0.4) is 0 Å². The van der Waals surface area contributed by atoms with Gasteiger partial charge in [-0.25, -0.2) is 10.8 Å². The Hall–Kier alpha value is -1.14. The van der Waals surface area contributed by atoms with Crippen LogP contribution in [0.5, 0.6) is 0 Å². The van der Waals surface area contributed by atoms with Crippen LogP contribution in [-0.4, -0.2) is 43.4 Å². The summed E-state index contributed by atoms with van der Waals surface area (Å²) in [6.07, 6.45) is -0.248. The number of rotatable bonds is 3. The molecule has 6 heteroatoms. The molecule has 14 heavy (non-hydrogen) atoms. The van der Waals surface area contributed by atoms with Gasteiger partial charge in [-0.05, 0) is 13.8 Å². The van der Waals surface area contributed by atoms with Crippen molar-refractivity contribution in [1.82, 2.24) is 5.01 Å². The number of hydrogen-bond donors (Lipinski definition) is 1. The first-order valence-corrected chi connectivity index (χ1v) is 4.47. The van der Waals surface area contributed by atoms with Crippen molar-refractivity contribution in [2.45, 2.75) is 20.0 Å². The Morgan fingerprint density at radius 1 is 1.57 bits per heavy atom. The Morgan fingerprint density at radius 3 is 2.86 bits per heavy atom. The number of amidine groups is 2. The van der Waals surface area contributed by atoms with Crippen LogP contribution in [0.4, 0.5) is 0 Å². The average Bonchev–Trinajstić information content (AvgIpc) is 2.20. The van der Waals surface area contributed by atoms with E-state index in [9.17, 15) is 0 Å². The predicted octanol–water partition coefficient (Wildman–Crippen LogP) is -0.0409. The quantitative estimate of drug-likeness (QED) is 0.649. The van der Waals surface area contributed by atoms with E-state index < -0.39 is 0 Å². The van der Waals surface area contributed by atoms with Gasteiger partial charge in [0.1, 0.15) is 5.84 Å². The minimum absolute atomic E-state index is 0.248. The Kier molecular flexibility index (Phi) is 3.84. The lowest BCUT2D eigenvalue weighted by atomic mass is 10.4. The van der Waals surface area contributed by atoms with E-state index in [-0.39, 0.29) is 6.17 Å². The molecule has 0 amide bonds. The number of hydrogen-bond acceptors (Lipinski definition) is 6. The van der Waals surface area contributed by atoms with Crippen molar-refractivity contribution in [3.8, 4) is 0 Å². The molecule has 0 saturated carbocycles. The third-order valence-corrected chi connectivity index (χ3v) is 1.87. The van der Waals surface area contributed by atoms with Crippen LogP contribution in [0.2, 0.25) is 0 Å². The zero-order valence-corrected chi connectivity index (χ0v) is 8.73. The van der Waals surface area contributed by atoms with E-state index in [1.165, 1.54) is 12.1 Å². The first-order valence-electron chi connectivity index (χ1n) is 4.47. The van der Waals surface area contributed by atoms with Gasteiger partial charge < -0.3 is 9.47 Å². The van der Waals surface area contributed by atoms with E-state index >= 15 is 0 Å². The van der Waals surface area contributed by atoms with Crippen LogP contribution >= 0.6 is 0 Å². The topological polar surface area (TPSA) is 72.4 Å². The van der Waals surface area contributed by atoms with Gasteiger partial charge in [-0.15, -0.1) is 0 Å². The van der Waals surface area contributed by atoms with Crippen molar-refractivity contribution in [3.63, 3.8) is 0 Å². The molecule has 1 aliphatic heterocycles. The molecule has 0 spiro atoms. The fourth-order valence-electron chi connectivity index (χ4n) is 1.07. The van der Waals surface area contributed by atoms with Crippen LogP contribution in [-0.2, 0) is 9.47 Å². The third kappa shape index (κ3) is 2.43. The molecule has 1 atom stereocenters. The maximum atomic E-state index is 5.74. The van der Waals surface area contributed by atoms with E-state index in [1.54, 1.807) is 6.92 Å². The van der Waals surface area contributed by atoms with Crippen molar-refractivity contribution >= 4 is 11.9 Å².